The van der Waals surface area contributed by atoms with Crippen molar-refractivity contribution in [1.82, 2.24) is 4.90 Å². The Labute approximate surface area is 126 Å². The molecule has 0 aliphatic rings. The van der Waals surface area contributed by atoms with Crippen LogP contribution in [-0.2, 0) is 4.74 Å². The maximum absolute atomic E-state index is 12.4. The van der Waals surface area contributed by atoms with Crippen molar-refractivity contribution in [2.45, 2.75) is 92.2 Å². The predicted molar refractivity (Wildman–Crippen MR) is 86.0 cm³/mol. The molecule has 3 nitrogen and oxygen atoms in total. The highest BCUT2D eigenvalue weighted by Gasteiger charge is 2.32. The first kappa shape index (κ1) is 19.3. The summed E-state index contributed by atoms with van der Waals surface area (Å²) in [7, 11) is 0. The summed E-state index contributed by atoms with van der Waals surface area (Å²) in [5.41, 5.74) is -0.586. The maximum Gasteiger partial charge on any atom is 0.410 e. The third-order valence-electron chi connectivity index (χ3n) is 3.62. The van der Waals surface area contributed by atoms with Crippen LogP contribution in [0.4, 0.5) is 4.79 Å². The van der Waals surface area contributed by atoms with E-state index >= 15 is 0 Å². The molecule has 0 aliphatic heterocycles. The average molecular weight is 285 g/mol. The van der Waals surface area contributed by atoms with Gasteiger partial charge in [-0.25, -0.2) is 4.79 Å². The second kappa shape index (κ2) is 7.90. The van der Waals surface area contributed by atoms with E-state index in [0.29, 0.717) is 0 Å². The van der Waals surface area contributed by atoms with Crippen LogP contribution in [0.3, 0.4) is 0 Å². The van der Waals surface area contributed by atoms with E-state index in [4.69, 9.17) is 4.74 Å². The fourth-order valence-corrected chi connectivity index (χ4v) is 1.97. The minimum absolute atomic E-state index is 0.153. The number of unbranched alkanes of at least 4 members (excludes halogenated alkanes) is 1. The third-order valence-corrected chi connectivity index (χ3v) is 3.62. The van der Waals surface area contributed by atoms with E-state index in [-0.39, 0.29) is 11.6 Å². The lowest BCUT2D eigenvalue weighted by Gasteiger charge is -2.39. The van der Waals surface area contributed by atoms with Gasteiger partial charge < -0.3 is 9.64 Å². The SMILES string of the molecule is CCC(C)(C)N(CCCCC(C)C)C(=O)OC(C)(C)C. The summed E-state index contributed by atoms with van der Waals surface area (Å²) in [6.45, 7) is 17.3. The van der Waals surface area contributed by atoms with E-state index in [1.165, 1.54) is 6.42 Å². The topological polar surface area (TPSA) is 29.5 Å². The molecule has 0 aromatic carbocycles. The van der Waals surface area contributed by atoms with E-state index in [1.54, 1.807) is 0 Å². The van der Waals surface area contributed by atoms with Gasteiger partial charge in [0, 0.05) is 12.1 Å². The Morgan fingerprint density at radius 1 is 1.10 bits per heavy atom. The Morgan fingerprint density at radius 2 is 1.65 bits per heavy atom. The molecule has 0 N–H and O–H groups in total. The van der Waals surface area contributed by atoms with Gasteiger partial charge in [0.25, 0.3) is 0 Å². The second-order valence-corrected chi connectivity index (χ2v) is 7.69. The van der Waals surface area contributed by atoms with Gasteiger partial charge in [-0.2, -0.15) is 0 Å². The van der Waals surface area contributed by atoms with Crippen LogP contribution in [0.5, 0.6) is 0 Å². The zero-order valence-electron chi connectivity index (χ0n) is 14.9. The number of ether oxygens (including phenoxy) is 1. The van der Waals surface area contributed by atoms with Crippen LogP contribution >= 0.6 is 0 Å². The standard InChI is InChI=1S/C17H35NO2/c1-9-17(7,8)18(13-11-10-12-14(2)3)15(19)20-16(4,5)6/h14H,9-13H2,1-8H3. The van der Waals surface area contributed by atoms with Crippen LogP contribution < -0.4 is 0 Å². The number of rotatable bonds is 7. The molecule has 1 amide bonds. The monoisotopic (exact) mass is 285 g/mol. The second-order valence-electron chi connectivity index (χ2n) is 7.69. The Hall–Kier alpha value is -0.730. The van der Waals surface area contributed by atoms with Crippen LogP contribution in [-0.4, -0.2) is 28.7 Å². The minimum Gasteiger partial charge on any atom is -0.444 e. The fourth-order valence-electron chi connectivity index (χ4n) is 1.97. The lowest BCUT2D eigenvalue weighted by molar-refractivity contribution is 0.00189. The largest absolute Gasteiger partial charge is 0.444 e. The summed E-state index contributed by atoms with van der Waals surface area (Å²) in [6, 6.07) is 0. The molecule has 0 bridgehead atoms. The summed E-state index contributed by atoms with van der Waals surface area (Å²) in [5, 5.41) is 0. The zero-order chi connectivity index (χ0) is 16.0. The first-order valence-electron chi connectivity index (χ1n) is 8.00. The Bertz CT molecular complexity index is 290. The summed E-state index contributed by atoms with van der Waals surface area (Å²) >= 11 is 0. The highest BCUT2D eigenvalue weighted by Crippen LogP contribution is 2.23. The fraction of sp³-hybridized carbons (Fsp3) is 0.941. The van der Waals surface area contributed by atoms with Crippen LogP contribution in [0.2, 0.25) is 0 Å². The lowest BCUT2D eigenvalue weighted by Crippen LogP contribution is -2.49. The van der Waals surface area contributed by atoms with Crippen molar-refractivity contribution in [2.75, 3.05) is 6.54 Å². The maximum atomic E-state index is 12.4. The Kier molecular flexibility index (Phi) is 7.61. The molecule has 0 unspecified atom stereocenters. The van der Waals surface area contributed by atoms with E-state index in [9.17, 15) is 4.79 Å². The molecule has 0 aliphatic carbocycles. The number of hydrogen-bond donors (Lipinski definition) is 0. The van der Waals surface area contributed by atoms with Gasteiger partial charge in [0.2, 0.25) is 0 Å². The molecule has 120 valence electrons. The quantitative estimate of drug-likeness (QED) is 0.599. The molecule has 0 atom stereocenters. The minimum atomic E-state index is -0.433. The predicted octanol–water partition coefficient (Wildman–Crippen LogP) is 5.24. The van der Waals surface area contributed by atoms with Crippen molar-refractivity contribution in [1.29, 1.82) is 0 Å². The van der Waals surface area contributed by atoms with Crippen molar-refractivity contribution in [3.8, 4) is 0 Å². The average Bonchev–Trinajstić information content (AvgIpc) is 2.25. The molecule has 0 rings (SSSR count). The van der Waals surface area contributed by atoms with Gasteiger partial charge >= 0.3 is 6.09 Å². The van der Waals surface area contributed by atoms with Crippen LogP contribution in [0.25, 0.3) is 0 Å². The van der Waals surface area contributed by atoms with Gasteiger partial charge in [0.1, 0.15) is 5.60 Å². The van der Waals surface area contributed by atoms with Gasteiger partial charge in [-0.3, -0.25) is 0 Å². The Morgan fingerprint density at radius 3 is 2.05 bits per heavy atom. The van der Waals surface area contributed by atoms with Crippen molar-refractivity contribution in [3.05, 3.63) is 0 Å². The van der Waals surface area contributed by atoms with Gasteiger partial charge in [-0.05, 0) is 53.4 Å². The zero-order valence-corrected chi connectivity index (χ0v) is 14.9. The third kappa shape index (κ3) is 7.76. The number of carbonyl (C=O) groups excluding carboxylic acids is 1. The molecule has 0 saturated carbocycles. The molecular weight excluding hydrogens is 250 g/mol. The van der Waals surface area contributed by atoms with E-state index in [2.05, 4.69) is 34.6 Å². The molecule has 0 fully saturated rings. The molecule has 0 aromatic rings. The summed E-state index contributed by atoms with van der Waals surface area (Å²) in [4.78, 5) is 14.3. The van der Waals surface area contributed by atoms with Crippen LogP contribution in [0.1, 0.15) is 81.1 Å². The van der Waals surface area contributed by atoms with Crippen LogP contribution in [0, 0.1) is 5.92 Å². The molecule has 0 radical (unpaired) electrons. The normalized spacial score (nSPS) is 12.7. The van der Waals surface area contributed by atoms with Crippen molar-refractivity contribution < 1.29 is 9.53 Å². The van der Waals surface area contributed by atoms with Crippen molar-refractivity contribution >= 4 is 6.09 Å². The number of amides is 1. The van der Waals surface area contributed by atoms with Gasteiger partial charge in [-0.1, -0.05) is 33.6 Å². The highest BCUT2D eigenvalue weighted by atomic mass is 16.6. The highest BCUT2D eigenvalue weighted by molar-refractivity contribution is 5.69. The van der Waals surface area contributed by atoms with Gasteiger partial charge in [0.15, 0.2) is 0 Å². The molecule has 3 heteroatoms. The van der Waals surface area contributed by atoms with Crippen molar-refractivity contribution in [3.63, 3.8) is 0 Å². The molecule has 0 spiro atoms. The lowest BCUT2D eigenvalue weighted by atomic mass is 9.98. The van der Waals surface area contributed by atoms with E-state index in [1.807, 2.05) is 25.7 Å². The van der Waals surface area contributed by atoms with Gasteiger partial charge in [0.05, 0.1) is 0 Å². The smallest absolute Gasteiger partial charge is 0.410 e. The molecule has 0 saturated heterocycles. The summed E-state index contributed by atoms with van der Waals surface area (Å²) < 4.78 is 5.55. The molecule has 20 heavy (non-hydrogen) atoms. The summed E-state index contributed by atoms with van der Waals surface area (Å²) in [6.07, 6.45) is 4.16. The van der Waals surface area contributed by atoms with Crippen LogP contribution in [0.15, 0.2) is 0 Å². The van der Waals surface area contributed by atoms with E-state index < -0.39 is 5.60 Å². The molecule has 0 aromatic heterocycles. The van der Waals surface area contributed by atoms with E-state index in [0.717, 1.165) is 31.7 Å². The van der Waals surface area contributed by atoms with Crippen molar-refractivity contribution in [2.24, 2.45) is 5.92 Å². The summed E-state index contributed by atoms with van der Waals surface area (Å²) in [5.74, 6) is 0.726. The first-order chi connectivity index (χ1) is 8.99. The molecule has 0 heterocycles. The molecular formula is C17H35NO2. The van der Waals surface area contributed by atoms with Gasteiger partial charge in [-0.15, -0.1) is 0 Å². The first-order valence-corrected chi connectivity index (χ1v) is 8.00. The Balaban J connectivity index is 4.62. The number of carbonyl (C=O) groups is 1. The number of hydrogen-bond acceptors (Lipinski definition) is 2. The number of nitrogens with zero attached hydrogens (tertiary/aromatic N) is 1.